The molecule has 7 heteroatoms. The fourth-order valence-electron chi connectivity index (χ4n) is 2.97. The number of hydrogen-bond acceptors (Lipinski definition) is 3. The van der Waals surface area contributed by atoms with Crippen molar-refractivity contribution in [1.29, 1.82) is 0 Å². The Hall–Kier alpha value is -3.61. The summed E-state index contributed by atoms with van der Waals surface area (Å²) in [4.78, 5) is 16.0. The number of halogens is 3. The first kappa shape index (κ1) is 22.1. The summed E-state index contributed by atoms with van der Waals surface area (Å²) < 4.78 is 37.6. The summed E-state index contributed by atoms with van der Waals surface area (Å²) in [6.45, 7) is 0.0836. The number of hydrogen-bond donors (Lipinski definition) is 1. The quantitative estimate of drug-likeness (QED) is 0.368. The Morgan fingerprint density at radius 3 is 2.23 bits per heavy atom. The molecule has 0 aliphatic heterocycles. The van der Waals surface area contributed by atoms with Crippen molar-refractivity contribution in [2.45, 2.75) is 25.6 Å². The molecule has 0 bridgehead atoms. The number of benzene rings is 3. The minimum absolute atomic E-state index is 0.0190. The van der Waals surface area contributed by atoms with E-state index in [0.29, 0.717) is 12.0 Å². The molecule has 3 rings (SSSR count). The van der Waals surface area contributed by atoms with Gasteiger partial charge in [0.15, 0.2) is 0 Å². The SMILES string of the molecule is O=C(O)Cc1cccc(-c2ccc(CC=NOCc3ccc(C(F)(F)F)cc3)cc2)c1. The number of rotatable bonds is 8. The molecule has 0 heterocycles. The van der Waals surface area contributed by atoms with E-state index < -0.39 is 17.7 Å². The molecule has 3 aromatic rings. The van der Waals surface area contributed by atoms with E-state index in [1.54, 1.807) is 12.3 Å². The highest BCUT2D eigenvalue weighted by Crippen LogP contribution is 2.29. The van der Waals surface area contributed by atoms with Crippen LogP contribution in [0.25, 0.3) is 11.1 Å². The van der Waals surface area contributed by atoms with Gasteiger partial charge < -0.3 is 9.94 Å². The first-order valence-electron chi connectivity index (χ1n) is 9.51. The van der Waals surface area contributed by atoms with Gasteiger partial charge in [-0.1, -0.05) is 65.8 Å². The predicted molar refractivity (Wildman–Crippen MR) is 112 cm³/mol. The zero-order valence-corrected chi connectivity index (χ0v) is 16.5. The average molecular weight is 427 g/mol. The number of nitrogens with zero attached hydrogens (tertiary/aromatic N) is 1. The van der Waals surface area contributed by atoms with Crippen LogP contribution in [0, 0.1) is 0 Å². The number of carboxylic acid groups (broad SMARTS) is 1. The zero-order valence-electron chi connectivity index (χ0n) is 16.5. The number of carbonyl (C=O) groups is 1. The van der Waals surface area contributed by atoms with Crippen LogP contribution in [0.15, 0.2) is 78.0 Å². The van der Waals surface area contributed by atoms with Crippen LogP contribution in [-0.4, -0.2) is 17.3 Å². The van der Waals surface area contributed by atoms with Crippen molar-refractivity contribution in [2.75, 3.05) is 0 Å². The molecule has 0 aliphatic rings. The summed E-state index contributed by atoms with van der Waals surface area (Å²) in [5.74, 6) is -0.868. The minimum atomic E-state index is -4.35. The molecule has 0 saturated heterocycles. The number of carboxylic acids is 1. The third-order valence-corrected chi connectivity index (χ3v) is 4.56. The van der Waals surface area contributed by atoms with Gasteiger partial charge in [-0.3, -0.25) is 4.79 Å². The molecule has 160 valence electrons. The van der Waals surface area contributed by atoms with Gasteiger partial charge in [-0.2, -0.15) is 13.2 Å². The van der Waals surface area contributed by atoms with E-state index in [9.17, 15) is 18.0 Å². The third kappa shape index (κ3) is 6.70. The van der Waals surface area contributed by atoms with E-state index in [4.69, 9.17) is 9.94 Å². The van der Waals surface area contributed by atoms with Crippen LogP contribution in [0.5, 0.6) is 0 Å². The van der Waals surface area contributed by atoms with Gasteiger partial charge in [0.1, 0.15) is 6.61 Å². The molecule has 3 aromatic carbocycles. The van der Waals surface area contributed by atoms with Gasteiger partial charge in [0.05, 0.1) is 12.0 Å². The van der Waals surface area contributed by atoms with Gasteiger partial charge in [0.2, 0.25) is 0 Å². The normalized spacial score (nSPS) is 11.6. The highest BCUT2D eigenvalue weighted by atomic mass is 19.4. The first-order chi connectivity index (χ1) is 14.8. The minimum Gasteiger partial charge on any atom is -0.481 e. The van der Waals surface area contributed by atoms with Gasteiger partial charge in [-0.15, -0.1) is 0 Å². The first-order valence-corrected chi connectivity index (χ1v) is 9.51. The van der Waals surface area contributed by atoms with Gasteiger partial charge in [-0.05, 0) is 39.9 Å². The molecule has 0 fully saturated rings. The Bertz CT molecular complexity index is 1040. The summed E-state index contributed by atoms with van der Waals surface area (Å²) >= 11 is 0. The maximum atomic E-state index is 12.5. The van der Waals surface area contributed by atoms with Gasteiger partial charge >= 0.3 is 12.1 Å². The lowest BCUT2D eigenvalue weighted by molar-refractivity contribution is -0.138. The Kier molecular flexibility index (Phi) is 7.07. The summed E-state index contributed by atoms with van der Waals surface area (Å²) in [7, 11) is 0. The summed E-state index contributed by atoms with van der Waals surface area (Å²) in [5.41, 5.74) is 3.57. The maximum Gasteiger partial charge on any atom is 0.416 e. The fourth-order valence-corrected chi connectivity index (χ4v) is 2.97. The molecule has 0 aliphatic carbocycles. The molecular formula is C24H20F3NO3. The molecule has 4 nitrogen and oxygen atoms in total. The highest BCUT2D eigenvalue weighted by Gasteiger charge is 2.29. The van der Waals surface area contributed by atoms with Crippen LogP contribution in [0.2, 0.25) is 0 Å². The van der Waals surface area contributed by atoms with Crippen molar-refractivity contribution in [3.05, 3.63) is 95.1 Å². The van der Waals surface area contributed by atoms with Crippen molar-refractivity contribution in [3.8, 4) is 11.1 Å². The second kappa shape index (κ2) is 9.93. The Morgan fingerprint density at radius 1 is 0.903 bits per heavy atom. The second-order valence-corrected chi connectivity index (χ2v) is 6.93. The molecule has 0 unspecified atom stereocenters. The standard InChI is InChI=1S/C24H20F3NO3/c25-24(26,27)22-10-6-18(7-11-22)16-31-28-13-12-17-4-8-20(9-5-17)21-3-1-2-19(14-21)15-23(29)30/h1-11,13-14H,12,15-16H2,(H,29,30). The molecule has 0 spiro atoms. The van der Waals surface area contributed by atoms with Crippen molar-refractivity contribution in [1.82, 2.24) is 0 Å². The van der Waals surface area contributed by atoms with E-state index in [1.165, 1.54) is 12.1 Å². The van der Waals surface area contributed by atoms with E-state index >= 15 is 0 Å². The molecule has 0 amide bonds. The Balaban J connectivity index is 1.50. The molecule has 0 saturated carbocycles. The molecule has 0 radical (unpaired) electrons. The van der Waals surface area contributed by atoms with Crippen LogP contribution < -0.4 is 0 Å². The largest absolute Gasteiger partial charge is 0.481 e. The Labute approximate surface area is 177 Å². The molecule has 1 N–H and O–H groups in total. The molecule has 31 heavy (non-hydrogen) atoms. The fraction of sp³-hybridized carbons (Fsp3) is 0.167. The van der Waals surface area contributed by atoms with E-state index in [2.05, 4.69) is 5.16 Å². The zero-order chi connectivity index (χ0) is 22.3. The average Bonchev–Trinajstić information content (AvgIpc) is 2.73. The number of aliphatic carboxylic acids is 1. The third-order valence-electron chi connectivity index (χ3n) is 4.56. The highest BCUT2D eigenvalue weighted by molar-refractivity contribution is 5.72. The van der Waals surface area contributed by atoms with Crippen molar-refractivity contribution >= 4 is 12.2 Å². The molecular weight excluding hydrogens is 407 g/mol. The summed E-state index contributed by atoms with van der Waals surface area (Å²) in [5, 5.41) is 12.8. The molecule has 0 aromatic heterocycles. The van der Waals surface area contributed by atoms with E-state index in [1.807, 2.05) is 42.5 Å². The monoisotopic (exact) mass is 427 g/mol. The van der Waals surface area contributed by atoms with Crippen LogP contribution in [0.3, 0.4) is 0 Å². The topological polar surface area (TPSA) is 58.9 Å². The molecule has 0 atom stereocenters. The van der Waals surface area contributed by atoms with Crippen molar-refractivity contribution in [3.63, 3.8) is 0 Å². The van der Waals surface area contributed by atoms with Gasteiger partial charge in [-0.25, -0.2) is 0 Å². The van der Waals surface area contributed by atoms with Crippen LogP contribution in [0.4, 0.5) is 13.2 Å². The van der Waals surface area contributed by atoms with Crippen LogP contribution >= 0.6 is 0 Å². The van der Waals surface area contributed by atoms with Crippen molar-refractivity contribution in [2.24, 2.45) is 5.16 Å². The lowest BCUT2D eigenvalue weighted by Gasteiger charge is -2.07. The maximum absolute atomic E-state index is 12.5. The Morgan fingerprint density at radius 2 is 1.58 bits per heavy atom. The smallest absolute Gasteiger partial charge is 0.416 e. The number of alkyl halides is 3. The lowest BCUT2D eigenvalue weighted by atomic mass is 10.0. The van der Waals surface area contributed by atoms with E-state index in [0.717, 1.165) is 34.4 Å². The van der Waals surface area contributed by atoms with Crippen molar-refractivity contribution < 1.29 is 27.9 Å². The summed E-state index contributed by atoms with van der Waals surface area (Å²) in [6.07, 6.45) is -2.25. The predicted octanol–water partition coefficient (Wildman–Crippen LogP) is 5.74. The van der Waals surface area contributed by atoms with Gasteiger partial charge in [0, 0.05) is 12.6 Å². The number of oxime groups is 1. The van der Waals surface area contributed by atoms with Crippen LogP contribution in [-0.2, 0) is 35.3 Å². The van der Waals surface area contributed by atoms with Gasteiger partial charge in [0.25, 0.3) is 0 Å². The lowest BCUT2D eigenvalue weighted by Crippen LogP contribution is -2.04. The summed E-state index contributed by atoms with van der Waals surface area (Å²) in [6, 6.07) is 20.0. The van der Waals surface area contributed by atoms with E-state index in [-0.39, 0.29) is 13.0 Å². The second-order valence-electron chi connectivity index (χ2n) is 6.93. The van der Waals surface area contributed by atoms with Crippen LogP contribution in [0.1, 0.15) is 22.3 Å².